The monoisotopic (exact) mass is 201 g/mol. The molecule has 0 unspecified atom stereocenters. The van der Waals surface area contributed by atoms with Crippen LogP contribution in [0, 0.1) is 12.3 Å². The van der Waals surface area contributed by atoms with Gasteiger partial charge in [-0.25, -0.2) is 0 Å². The predicted molar refractivity (Wildman–Crippen MR) is 63.1 cm³/mol. The molecule has 1 fully saturated rings. The summed E-state index contributed by atoms with van der Waals surface area (Å²) in [5.41, 5.74) is 5.26. The quantitative estimate of drug-likeness (QED) is 0.680. The Hall–Kier alpha value is -0.820. The molecule has 3 rings (SSSR count). The Morgan fingerprint density at radius 2 is 1.80 bits per heavy atom. The number of hydrogen-bond donors (Lipinski definition) is 1. The van der Waals surface area contributed by atoms with E-state index >= 15 is 0 Å². The molecule has 0 bridgehead atoms. The standard InChI is InChI=1S/C14H19N/c1-11-2-3-12-9-14(10-13(12)8-11)4-6-15-7-5-14/h2-3,8,15H,4-7,9-10H2,1H3. The first kappa shape index (κ1) is 9.41. The summed E-state index contributed by atoms with van der Waals surface area (Å²) in [7, 11) is 0. The van der Waals surface area contributed by atoms with Gasteiger partial charge in [-0.15, -0.1) is 0 Å². The van der Waals surface area contributed by atoms with Crippen LogP contribution in [0.2, 0.25) is 0 Å². The molecule has 0 amide bonds. The van der Waals surface area contributed by atoms with Gasteiger partial charge in [-0.2, -0.15) is 0 Å². The van der Waals surface area contributed by atoms with Crippen molar-refractivity contribution in [3.05, 3.63) is 34.9 Å². The van der Waals surface area contributed by atoms with Crippen LogP contribution in [0.3, 0.4) is 0 Å². The van der Waals surface area contributed by atoms with Gasteiger partial charge in [-0.1, -0.05) is 23.8 Å². The molecule has 1 nitrogen and oxygen atoms in total. The van der Waals surface area contributed by atoms with Gasteiger partial charge in [-0.3, -0.25) is 0 Å². The summed E-state index contributed by atoms with van der Waals surface area (Å²) in [5.74, 6) is 0. The molecule has 1 heterocycles. The van der Waals surface area contributed by atoms with Gasteiger partial charge in [0.2, 0.25) is 0 Å². The van der Waals surface area contributed by atoms with Crippen molar-refractivity contribution in [3.8, 4) is 0 Å². The summed E-state index contributed by atoms with van der Waals surface area (Å²) in [6.45, 7) is 4.63. The molecular weight excluding hydrogens is 182 g/mol. The van der Waals surface area contributed by atoms with Crippen molar-refractivity contribution in [2.45, 2.75) is 32.6 Å². The summed E-state index contributed by atoms with van der Waals surface area (Å²) in [6, 6.07) is 7.01. The van der Waals surface area contributed by atoms with E-state index in [2.05, 4.69) is 30.4 Å². The zero-order valence-corrected chi connectivity index (χ0v) is 9.47. The highest BCUT2D eigenvalue weighted by molar-refractivity contribution is 5.37. The summed E-state index contributed by atoms with van der Waals surface area (Å²) >= 11 is 0. The van der Waals surface area contributed by atoms with E-state index in [4.69, 9.17) is 0 Å². The van der Waals surface area contributed by atoms with E-state index in [-0.39, 0.29) is 0 Å². The molecule has 1 spiro atoms. The van der Waals surface area contributed by atoms with Crippen LogP contribution >= 0.6 is 0 Å². The molecule has 1 N–H and O–H groups in total. The molecule has 15 heavy (non-hydrogen) atoms. The number of piperidine rings is 1. The lowest BCUT2D eigenvalue weighted by atomic mass is 9.76. The first-order valence-electron chi connectivity index (χ1n) is 6.07. The summed E-state index contributed by atoms with van der Waals surface area (Å²) < 4.78 is 0. The number of rotatable bonds is 0. The molecule has 0 atom stereocenters. The van der Waals surface area contributed by atoms with Crippen LogP contribution in [0.15, 0.2) is 18.2 Å². The largest absolute Gasteiger partial charge is 0.317 e. The highest BCUT2D eigenvalue weighted by Crippen LogP contribution is 2.43. The normalized spacial score (nSPS) is 23.0. The third-order valence-corrected chi connectivity index (χ3v) is 4.16. The molecule has 2 aliphatic rings. The van der Waals surface area contributed by atoms with Gasteiger partial charge < -0.3 is 5.32 Å². The van der Waals surface area contributed by atoms with Gasteiger partial charge in [0, 0.05) is 0 Å². The van der Waals surface area contributed by atoms with Gasteiger partial charge in [0.15, 0.2) is 0 Å². The fourth-order valence-electron chi connectivity index (χ4n) is 3.27. The van der Waals surface area contributed by atoms with E-state index in [9.17, 15) is 0 Å². The zero-order chi connectivity index (χ0) is 10.3. The molecule has 1 saturated heterocycles. The Bertz CT molecular complexity index is 375. The highest BCUT2D eigenvalue weighted by Gasteiger charge is 2.37. The van der Waals surface area contributed by atoms with Crippen LogP contribution in [0.25, 0.3) is 0 Å². The summed E-state index contributed by atoms with van der Waals surface area (Å²) in [6.07, 6.45) is 5.37. The van der Waals surface area contributed by atoms with Crippen molar-refractivity contribution in [1.29, 1.82) is 0 Å². The van der Waals surface area contributed by atoms with Crippen molar-refractivity contribution < 1.29 is 0 Å². The third-order valence-electron chi connectivity index (χ3n) is 4.16. The minimum atomic E-state index is 0.612. The average Bonchev–Trinajstić information content (AvgIpc) is 2.56. The maximum atomic E-state index is 3.47. The Labute approximate surface area is 91.9 Å². The molecule has 1 aliphatic carbocycles. The third kappa shape index (κ3) is 1.59. The van der Waals surface area contributed by atoms with Crippen LogP contribution in [0.5, 0.6) is 0 Å². The van der Waals surface area contributed by atoms with Crippen LogP contribution in [0.4, 0.5) is 0 Å². The fourth-order valence-corrected chi connectivity index (χ4v) is 3.27. The van der Waals surface area contributed by atoms with Crippen molar-refractivity contribution in [3.63, 3.8) is 0 Å². The lowest BCUT2D eigenvalue weighted by Gasteiger charge is -2.33. The first-order valence-corrected chi connectivity index (χ1v) is 6.07. The molecule has 0 saturated carbocycles. The van der Waals surface area contributed by atoms with Gasteiger partial charge in [-0.05, 0) is 62.2 Å². The van der Waals surface area contributed by atoms with Gasteiger partial charge in [0.25, 0.3) is 0 Å². The van der Waals surface area contributed by atoms with Gasteiger partial charge in [0.05, 0.1) is 0 Å². The maximum absolute atomic E-state index is 3.47. The van der Waals surface area contributed by atoms with Crippen molar-refractivity contribution >= 4 is 0 Å². The van der Waals surface area contributed by atoms with Gasteiger partial charge in [0.1, 0.15) is 0 Å². The Morgan fingerprint density at radius 1 is 1.07 bits per heavy atom. The molecule has 80 valence electrons. The Kier molecular flexibility index (Phi) is 2.10. The number of hydrogen-bond acceptors (Lipinski definition) is 1. The summed E-state index contributed by atoms with van der Waals surface area (Å²) in [5, 5.41) is 3.47. The molecular formula is C14H19N. The topological polar surface area (TPSA) is 12.0 Å². The number of aryl methyl sites for hydroxylation is 1. The van der Waals surface area contributed by atoms with Crippen LogP contribution in [-0.4, -0.2) is 13.1 Å². The number of fused-ring (bicyclic) bond motifs is 1. The van der Waals surface area contributed by atoms with E-state index in [1.165, 1.54) is 44.3 Å². The molecule has 1 heteroatoms. The van der Waals surface area contributed by atoms with E-state index in [1.54, 1.807) is 11.1 Å². The van der Waals surface area contributed by atoms with Crippen LogP contribution in [-0.2, 0) is 12.8 Å². The molecule has 1 aliphatic heterocycles. The fraction of sp³-hybridized carbons (Fsp3) is 0.571. The van der Waals surface area contributed by atoms with Crippen molar-refractivity contribution in [2.24, 2.45) is 5.41 Å². The van der Waals surface area contributed by atoms with Crippen molar-refractivity contribution in [1.82, 2.24) is 5.32 Å². The number of nitrogens with one attached hydrogen (secondary N) is 1. The van der Waals surface area contributed by atoms with E-state index < -0.39 is 0 Å². The minimum absolute atomic E-state index is 0.612. The smallest absolute Gasteiger partial charge is 0.00434 e. The minimum Gasteiger partial charge on any atom is -0.317 e. The van der Waals surface area contributed by atoms with Crippen molar-refractivity contribution in [2.75, 3.05) is 13.1 Å². The maximum Gasteiger partial charge on any atom is -0.00434 e. The SMILES string of the molecule is Cc1ccc2c(c1)CC1(CCNCC1)C2. The molecule has 0 radical (unpaired) electrons. The van der Waals surface area contributed by atoms with E-state index in [0.29, 0.717) is 5.41 Å². The lowest BCUT2D eigenvalue weighted by Crippen LogP contribution is -2.37. The number of benzene rings is 1. The second kappa shape index (κ2) is 3.34. The molecule has 0 aromatic heterocycles. The Balaban J connectivity index is 1.90. The second-order valence-electron chi connectivity index (χ2n) is 5.38. The van der Waals surface area contributed by atoms with Gasteiger partial charge >= 0.3 is 0 Å². The molecule has 1 aromatic rings. The average molecular weight is 201 g/mol. The Morgan fingerprint density at radius 3 is 2.60 bits per heavy atom. The van der Waals surface area contributed by atoms with Crippen LogP contribution < -0.4 is 5.32 Å². The molecule has 1 aromatic carbocycles. The second-order valence-corrected chi connectivity index (χ2v) is 5.38. The lowest BCUT2D eigenvalue weighted by molar-refractivity contribution is 0.216. The zero-order valence-electron chi connectivity index (χ0n) is 9.47. The predicted octanol–water partition coefficient (Wildman–Crippen LogP) is 2.46. The van der Waals surface area contributed by atoms with Crippen LogP contribution in [0.1, 0.15) is 29.5 Å². The van der Waals surface area contributed by atoms with E-state index in [1.807, 2.05) is 0 Å². The summed E-state index contributed by atoms with van der Waals surface area (Å²) in [4.78, 5) is 0. The first-order chi connectivity index (χ1) is 7.27. The van der Waals surface area contributed by atoms with E-state index in [0.717, 1.165) is 0 Å². The highest BCUT2D eigenvalue weighted by atomic mass is 14.9.